The van der Waals surface area contributed by atoms with Crippen LogP contribution >= 0.6 is 0 Å². The van der Waals surface area contributed by atoms with E-state index in [1.54, 1.807) is 12.4 Å². The fourth-order valence-corrected chi connectivity index (χ4v) is 4.18. The van der Waals surface area contributed by atoms with Crippen LogP contribution in [0.5, 0.6) is 11.5 Å². The van der Waals surface area contributed by atoms with E-state index in [2.05, 4.69) is 77.7 Å². The van der Waals surface area contributed by atoms with Crippen molar-refractivity contribution in [2.24, 2.45) is 0 Å². The Balaban J connectivity index is 0.000000425. The van der Waals surface area contributed by atoms with Crippen LogP contribution in [0.4, 0.5) is 0 Å². The molecule has 6 nitrogen and oxygen atoms in total. The van der Waals surface area contributed by atoms with Crippen molar-refractivity contribution in [2.45, 2.75) is 90.6 Å². The van der Waals surface area contributed by atoms with Crippen molar-refractivity contribution in [3.05, 3.63) is 42.5 Å². The first-order chi connectivity index (χ1) is 14.5. The van der Waals surface area contributed by atoms with Crippen LogP contribution in [-0.2, 0) is 11.2 Å². The summed E-state index contributed by atoms with van der Waals surface area (Å²) in [6.07, 6.45) is 3.89. The second-order valence-electron chi connectivity index (χ2n) is 11.1. The first-order valence-corrected chi connectivity index (χ1v) is 16.9. The molecule has 0 amide bonds. The Labute approximate surface area is 196 Å². The molecule has 0 spiro atoms. The third kappa shape index (κ3) is 8.46. The summed E-state index contributed by atoms with van der Waals surface area (Å²) in [5.74, 6) is 1.73. The van der Waals surface area contributed by atoms with Gasteiger partial charge in [-0.1, -0.05) is 53.7 Å². The number of imidazole rings is 1. The van der Waals surface area contributed by atoms with Crippen LogP contribution in [0.1, 0.15) is 53.8 Å². The predicted octanol–water partition coefficient (Wildman–Crippen LogP) is 6.88. The highest BCUT2D eigenvalue weighted by Crippen LogP contribution is 2.43. The number of aliphatic carboxylic acids is 1. The molecular weight excluding hydrogens is 436 g/mol. The number of nitrogens with zero attached hydrogens (tertiary/aromatic N) is 1. The van der Waals surface area contributed by atoms with Gasteiger partial charge in [0.25, 0.3) is 16.6 Å². The first kappa shape index (κ1) is 28.0. The number of aryl methyl sites for hydroxylation is 1. The Morgan fingerprint density at radius 1 is 0.938 bits per heavy atom. The summed E-state index contributed by atoms with van der Waals surface area (Å²) in [7, 11) is -3.73. The van der Waals surface area contributed by atoms with E-state index >= 15 is 0 Å². The predicted molar refractivity (Wildman–Crippen MR) is 137 cm³/mol. The zero-order valence-corrected chi connectivity index (χ0v) is 23.5. The van der Waals surface area contributed by atoms with Gasteiger partial charge in [0.05, 0.1) is 6.42 Å². The number of benzene rings is 1. The van der Waals surface area contributed by atoms with Gasteiger partial charge in [-0.25, -0.2) is 4.98 Å². The normalized spacial score (nSPS) is 12.6. The van der Waals surface area contributed by atoms with E-state index in [4.69, 9.17) is 14.0 Å². The maximum absolute atomic E-state index is 10.1. The summed E-state index contributed by atoms with van der Waals surface area (Å²) in [4.78, 5) is 16.7. The molecule has 1 aromatic carbocycles. The van der Waals surface area contributed by atoms with E-state index < -0.39 is 22.6 Å². The number of aromatic amines is 1. The summed E-state index contributed by atoms with van der Waals surface area (Å²) in [5, 5.41) is 8.63. The molecule has 2 rings (SSSR count). The molecule has 2 N–H and O–H groups in total. The molecule has 0 aliphatic heterocycles. The molecule has 0 radical (unpaired) electrons. The van der Waals surface area contributed by atoms with Crippen molar-refractivity contribution in [3.8, 4) is 11.5 Å². The van der Waals surface area contributed by atoms with Crippen molar-refractivity contribution >= 4 is 22.6 Å². The van der Waals surface area contributed by atoms with Gasteiger partial charge in [-0.15, -0.1) is 0 Å². The number of carbonyl (C=O) groups is 1. The number of para-hydroxylation sites is 2. The van der Waals surface area contributed by atoms with Crippen LogP contribution in [0, 0.1) is 0 Å². The number of aromatic nitrogens is 2. The molecule has 1 aromatic heterocycles. The zero-order valence-electron chi connectivity index (χ0n) is 21.5. The number of carboxylic acid groups (broad SMARTS) is 1. The zero-order chi connectivity index (χ0) is 24.8. The highest BCUT2D eigenvalue weighted by Gasteiger charge is 2.41. The second kappa shape index (κ2) is 10.7. The van der Waals surface area contributed by atoms with Gasteiger partial charge >= 0.3 is 5.97 Å². The van der Waals surface area contributed by atoms with Gasteiger partial charge in [-0.3, -0.25) is 4.79 Å². The average molecular weight is 479 g/mol. The molecule has 0 saturated heterocycles. The summed E-state index contributed by atoms with van der Waals surface area (Å²) in [6, 6.07) is 8.15. The van der Waals surface area contributed by atoms with Crippen LogP contribution in [-0.4, -0.2) is 37.7 Å². The fourth-order valence-electron chi connectivity index (χ4n) is 2.13. The molecule has 0 saturated carbocycles. The standard InChI is InChI=1S/C18H34O2Si2.C6H8N2O2/c1-17(2,3)21(7,8)19-15-13-11-12-14-16(15)20-22(9,10)18(4,5)6;9-6(10)2-1-5-7-3-4-8-5/h11-14H,1-10H3;3-4H,1-2H2,(H,7,8)(H,9,10). The minimum Gasteiger partial charge on any atom is -0.541 e. The van der Waals surface area contributed by atoms with Gasteiger partial charge in [0, 0.05) is 18.8 Å². The Hall–Kier alpha value is -2.07. The lowest BCUT2D eigenvalue weighted by atomic mass is 10.2. The molecule has 8 heteroatoms. The number of rotatable bonds is 7. The van der Waals surface area contributed by atoms with E-state index in [1.165, 1.54) is 0 Å². The SMILES string of the molecule is CC(C)(C)[Si](C)(C)Oc1ccccc1O[Si](C)(C)C(C)(C)C.O=C(O)CCc1ncc[nH]1. The summed E-state index contributed by atoms with van der Waals surface area (Å²) in [6.45, 7) is 22.7. The minimum atomic E-state index is -1.86. The Morgan fingerprint density at radius 2 is 1.38 bits per heavy atom. The minimum absolute atomic E-state index is 0.132. The summed E-state index contributed by atoms with van der Waals surface area (Å²) < 4.78 is 13.0. The number of nitrogens with one attached hydrogen (secondary N) is 1. The number of hydrogen-bond donors (Lipinski definition) is 2. The topological polar surface area (TPSA) is 84.4 Å². The quantitative estimate of drug-likeness (QED) is 0.424. The third-order valence-corrected chi connectivity index (χ3v) is 15.0. The Bertz CT molecular complexity index is 805. The molecule has 2 aromatic rings. The maximum Gasteiger partial charge on any atom is 0.303 e. The number of hydrogen-bond acceptors (Lipinski definition) is 4. The molecule has 0 atom stereocenters. The van der Waals surface area contributed by atoms with E-state index in [9.17, 15) is 4.79 Å². The van der Waals surface area contributed by atoms with Gasteiger partial charge in [0.2, 0.25) is 0 Å². The average Bonchev–Trinajstić information content (AvgIpc) is 3.13. The molecule has 0 bridgehead atoms. The number of H-pyrrole nitrogens is 1. The monoisotopic (exact) mass is 478 g/mol. The van der Waals surface area contributed by atoms with Crippen molar-refractivity contribution in [3.63, 3.8) is 0 Å². The Kier molecular flexibility index (Phi) is 9.35. The molecule has 0 aliphatic carbocycles. The van der Waals surface area contributed by atoms with Crippen LogP contribution in [0.2, 0.25) is 36.3 Å². The van der Waals surface area contributed by atoms with Crippen LogP contribution in [0.15, 0.2) is 36.7 Å². The van der Waals surface area contributed by atoms with Crippen LogP contribution < -0.4 is 8.85 Å². The van der Waals surface area contributed by atoms with Crippen LogP contribution in [0.3, 0.4) is 0 Å². The molecule has 32 heavy (non-hydrogen) atoms. The van der Waals surface area contributed by atoms with Crippen molar-refractivity contribution < 1.29 is 18.8 Å². The largest absolute Gasteiger partial charge is 0.541 e. The molecule has 180 valence electrons. The highest BCUT2D eigenvalue weighted by atomic mass is 28.4. The van der Waals surface area contributed by atoms with Gasteiger partial charge in [-0.2, -0.15) is 0 Å². The van der Waals surface area contributed by atoms with E-state index in [0.29, 0.717) is 6.42 Å². The van der Waals surface area contributed by atoms with Gasteiger partial charge < -0.3 is 18.9 Å². The lowest BCUT2D eigenvalue weighted by molar-refractivity contribution is -0.137. The smallest absolute Gasteiger partial charge is 0.303 e. The van der Waals surface area contributed by atoms with E-state index in [0.717, 1.165) is 17.3 Å². The molecule has 0 aliphatic rings. The third-order valence-electron chi connectivity index (χ3n) is 6.32. The van der Waals surface area contributed by atoms with Gasteiger partial charge in [0.15, 0.2) is 0 Å². The van der Waals surface area contributed by atoms with Gasteiger partial charge in [-0.05, 0) is 48.4 Å². The van der Waals surface area contributed by atoms with Crippen molar-refractivity contribution in [1.29, 1.82) is 0 Å². The molecule has 0 unspecified atom stereocenters. The lowest BCUT2D eigenvalue weighted by Crippen LogP contribution is -2.45. The van der Waals surface area contributed by atoms with Crippen molar-refractivity contribution in [2.75, 3.05) is 0 Å². The van der Waals surface area contributed by atoms with Crippen LogP contribution in [0.25, 0.3) is 0 Å². The maximum atomic E-state index is 10.1. The first-order valence-electron chi connectivity index (χ1n) is 11.1. The number of carboxylic acids is 1. The van der Waals surface area contributed by atoms with Crippen molar-refractivity contribution in [1.82, 2.24) is 9.97 Å². The summed E-state index contributed by atoms with van der Waals surface area (Å²) >= 11 is 0. The molecule has 0 fully saturated rings. The molecular formula is C24H42N2O4Si2. The Morgan fingerprint density at radius 3 is 1.69 bits per heavy atom. The summed E-state index contributed by atoms with van der Waals surface area (Å²) in [5.41, 5.74) is 0. The van der Waals surface area contributed by atoms with E-state index in [-0.39, 0.29) is 16.5 Å². The highest BCUT2D eigenvalue weighted by molar-refractivity contribution is 6.75. The lowest BCUT2D eigenvalue weighted by Gasteiger charge is -2.39. The van der Waals surface area contributed by atoms with Gasteiger partial charge in [0.1, 0.15) is 17.3 Å². The molecule has 1 heterocycles. The van der Waals surface area contributed by atoms with E-state index in [1.807, 2.05) is 24.3 Å². The fraction of sp³-hybridized carbons (Fsp3) is 0.583. The second-order valence-corrected chi connectivity index (χ2v) is 20.6.